The molecule has 0 bridgehead atoms. The van der Waals surface area contributed by atoms with Crippen LogP contribution in [0.4, 0.5) is 0 Å². The third-order valence-electron chi connectivity index (χ3n) is 4.45. The number of amides is 1. The van der Waals surface area contributed by atoms with Crippen molar-refractivity contribution in [3.05, 3.63) is 68.5 Å². The van der Waals surface area contributed by atoms with E-state index in [9.17, 15) is 9.59 Å². The number of aryl methyl sites for hydroxylation is 1. The Morgan fingerprint density at radius 2 is 1.81 bits per heavy atom. The molecule has 1 aromatic heterocycles. The van der Waals surface area contributed by atoms with Crippen LogP contribution in [0.5, 0.6) is 0 Å². The van der Waals surface area contributed by atoms with E-state index < -0.39 is 0 Å². The van der Waals surface area contributed by atoms with Gasteiger partial charge in [-0.25, -0.2) is 4.79 Å². The molecule has 0 aliphatic rings. The number of H-pyrrole nitrogens is 2. The highest BCUT2D eigenvalue weighted by Gasteiger charge is 2.10. The lowest BCUT2D eigenvalue weighted by Gasteiger charge is -2.14. The smallest absolute Gasteiger partial charge is 0.323 e. The maximum atomic E-state index is 12.2. The van der Waals surface area contributed by atoms with E-state index in [2.05, 4.69) is 43.3 Å². The zero-order chi connectivity index (χ0) is 18.5. The van der Waals surface area contributed by atoms with Gasteiger partial charge < -0.3 is 15.3 Å². The Morgan fingerprint density at radius 1 is 1.08 bits per heavy atom. The number of hydrogen-bond acceptors (Lipinski definition) is 2. The van der Waals surface area contributed by atoms with Gasteiger partial charge in [0.25, 0.3) is 0 Å². The maximum absolute atomic E-state index is 12.2. The van der Waals surface area contributed by atoms with E-state index in [4.69, 9.17) is 0 Å². The van der Waals surface area contributed by atoms with Crippen LogP contribution in [0.25, 0.3) is 11.0 Å². The van der Waals surface area contributed by atoms with E-state index in [1.807, 2.05) is 37.3 Å². The van der Waals surface area contributed by atoms with Crippen molar-refractivity contribution in [1.29, 1.82) is 0 Å². The van der Waals surface area contributed by atoms with Crippen molar-refractivity contribution in [3.63, 3.8) is 0 Å². The number of rotatable bonds is 7. The summed E-state index contributed by atoms with van der Waals surface area (Å²) < 4.78 is 1.08. The van der Waals surface area contributed by atoms with Crippen LogP contribution in [0.3, 0.4) is 0 Å². The second-order valence-corrected chi connectivity index (χ2v) is 7.42. The first-order chi connectivity index (χ1) is 12.5. The maximum Gasteiger partial charge on any atom is 0.323 e. The quantitative estimate of drug-likeness (QED) is 0.505. The van der Waals surface area contributed by atoms with E-state index in [1.54, 1.807) is 0 Å². The van der Waals surface area contributed by atoms with Crippen LogP contribution in [0.2, 0.25) is 0 Å². The van der Waals surface area contributed by atoms with Gasteiger partial charge >= 0.3 is 5.69 Å². The molecule has 2 aromatic carbocycles. The average molecular weight is 416 g/mol. The van der Waals surface area contributed by atoms with Crippen molar-refractivity contribution in [1.82, 2.24) is 15.3 Å². The fraction of sp³-hybridized carbons (Fsp3) is 0.300. The number of unbranched alkanes of at least 4 members (excludes halogenated alkanes) is 1. The van der Waals surface area contributed by atoms with Gasteiger partial charge in [0.05, 0.1) is 17.1 Å². The second-order valence-electron chi connectivity index (χ2n) is 6.51. The normalized spacial score (nSPS) is 12.2. The molecule has 5 nitrogen and oxygen atoms in total. The van der Waals surface area contributed by atoms with Gasteiger partial charge in [0.2, 0.25) is 5.91 Å². The van der Waals surface area contributed by atoms with Crippen molar-refractivity contribution < 1.29 is 4.79 Å². The van der Waals surface area contributed by atoms with E-state index >= 15 is 0 Å². The lowest BCUT2D eigenvalue weighted by molar-refractivity contribution is -0.121. The minimum atomic E-state index is -0.223. The van der Waals surface area contributed by atoms with Crippen molar-refractivity contribution in [2.45, 2.75) is 38.6 Å². The predicted octanol–water partition coefficient (Wildman–Crippen LogP) is 4.21. The molecule has 3 aromatic rings. The Balaban J connectivity index is 1.45. The molecule has 0 fully saturated rings. The van der Waals surface area contributed by atoms with Crippen LogP contribution in [0.1, 0.15) is 43.4 Å². The van der Waals surface area contributed by atoms with Crippen LogP contribution in [0, 0.1) is 0 Å². The molecule has 6 heteroatoms. The van der Waals surface area contributed by atoms with E-state index in [1.165, 1.54) is 5.56 Å². The average Bonchev–Trinajstić information content (AvgIpc) is 2.99. The summed E-state index contributed by atoms with van der Waals surface area (Å²) in [4.78, 5) is 29.0. The number of carbonyl (C=O) groups is 1. The number of carbonyl (C=O) groups excluding carboxylic acids is 1. The van der Waals surface area contributed by atoms with Gasteiger partial charge in [-0.3, -0.25) is 4.79 Å². The fourth-order valence-electron chi connectivity index (χ4n) is 2.98. The SMILES string of the molecule is CC(NC(=O)CCCCc1ccc(Br)cc1)c1ccc2[nH]c(=O)[nH]c2c1. The number of nitrogens with one attached hydrogen (secondary N) is 3. The summed E-state index contributed by atoms with van der Waals surface area (Å²) >= 11 is 3.43. The van der Waals surface area contributed by atoms with Crippen molar-refractivity contribution in [2.24, 2.45) is 0 Å². The summed E-state index contributed by atoms with van der Waals surface area (Å²) in [5.41, 5.74) is 3.56. The first-order valence-electron chi connectivity index (χ1n) is 8.77. The number of fused-ring (bicyclic) bond motifs is 1. The van der Waals surface area contributed by atoms with Gasteiger partial charge in [0, 0.05) is 10.9 Å². The number of benzene rings is 2. The number of aromatic nitrogens is 2. The first kappa shape index (κ1) is 18.5. The Morgan fingerprint density at radius 3 is 2.58 bits per heavy atom. The molecule has 1 unspecified atom stereocenters. The summed E-state index contributed by atoms with van der Waals surface area (Å²) in [5, 5.41) is 3.03. The third kappa shape index (κ3) is 4.85. The highest BCUT2D eigenvalue weighted by atomic mass is 79.9. The summed E-state index contributed by atoms with van der Waals surface area (Å²) in [7, 11) is 0. The standard InChI is InChI=1S/C20H22BrN3O2/c1-13(15-8-11-17-18(12-15)24-20(26)23-17)22-19(25)5-3-2-4-14-6-9-16(21)10-7-14/h6-13H,2-5H2,1H3,(H,22,25)(H2,23,24,26). The van der Waals surface area contributed by atoms with Gasteiger partial charge in [0.15, 0.2) is 0 Å². The lowest BCUT2D eigenvalue weighted by atomic mass is 10.1. The first-order valence-corrected chi connectivity index (χ1v) is 9.56. The molecule has 0 radical (unpaired) electrons. The number of halogens is 1. The molecule has 0 saturated carbocycles. The van der Waals surface area contributed by atoms with Crippen molar-refractivity contribution in [2.75, 3.05) is 0 Å². The van der Waals surface area contributed by atoms with E-state index in [0.717, 1.165) is 40.3 Å². The minimum absolute atomic E-state index is 0.0518. The van der Waals surface area contributed by atoms with E-state index in [-0.39, 0.29) is 17.6 Å². The van der Waals surface area contributed by atoms with E-state index in [0.29, 0.717) is 6.42 Å². The highest BCUT2D eigenvalue weighted by molar-refractivity contribution is 9.10. The molecule has 0 aliphatic heterocycles. The molecule has 1 amide bonds. The minimum Gasteiger partial charge on any atom is -0.350 e. The molecule has 136 valence electrons. The third-order valence-corrected chi connectivity index (χ3v) is 4.98. The van der Waals surface area contributed by atoms with Crippen LogP contribution in [-0.2, 0) is 11.2 Å². The van der Waals surface area contributed by atoms with Gasteiger partial charge in [0.1, 0.15) is 0 Å². The lowest BCUT2D eigenvalue weighted by Crippen LogP contribution is -2.26. The molecule has 3 N–H and O–H groups in total. The second kappa shape index (κ2) is 8.36. The Labute approximate surface area is 160 Å². The van der Waals surface area contributed by atoms with Gasteiger partial charge in [-0.15, -0.1) is 0 Å². The molecule has 1 atom stereocenters. The predicted molar refractivity (Wildman–Crippen MR) is 107 cm³/mol. The van der Waals surface area contributed by atoms with Crippen LogP contribution in [0.15, 0.2) is 51.7 Å². The Kier molecular flexibility index (Phi) is 5.93. The summed E-state index contributed by atoms with van der Waals surface area (Å²) in [6.45, 7) is 1.95. The number of aromatic amines is 2. The fourth-order valence-corrected chi connectivity index (χ4v) is 3.25. The number of imidazole rings is 1. The Bertz CT molecular complexity index is 944. The molecule has 26 heavy (non-hydrogen) atoms. The summed E-state index contributed by atoms with van der Waals surface area (Å²) in [6, 6.07) is 13.9. The Hall–Kier alpha value is -2.34. The zero-order valence-corrected chi connectivity index (χ0v) is 16.2. The molecular formula is C20H22BrN3O2. The molecule has 3 rings (SSSR count). The van der Waals surface area contributed by atoms with Crippen LogP contribution >= 0.6 is 15.9 Å². The van der Waals surface area contributed by atoms with Crippen molar-refractivity contribution in [3.8, 4) is 0 Å². The summed E-state index contributed by atoms with van der Waals surface area (Å²) in [6.07, 6.45) is 3.34. The van der Waals surface area contributed by atoms with Crippen LogP contribution < -0.4 is 11.0 Å². The monoisotopic (exact) mass is 415 g/mol. The topological polar surface area (TPSA) is 77.8 Å². The van der Waals surface area contributed by atoms with Crippen LogP contribution in [-0.4, -0.2) is 15.9 Å². The number of hydrogen-bond donors (Lipinski definition) is 3. The molecule has 0 saturated heterocycles. The van der Waals surface area contributed by atoms with Gasteiger partial charge in [-0.05, 0) is 61.6 Å². The van der Waals surface area contributed by atoms with Crippen molar-refractivity contribution >= 4 is 32.9 Å². The molecule has 0 aliphatic carbocycles. The molecule has 1 heterocycles. The zero-order valence-electron chi connectivity index (χ0n) is 14.6. The highest BCUT2D eigenvalue weighted by Crippen LogP contribution is 2.17. The van der Waals surface area contributed by atoms with Gasteiger partial charge in [-0.1, -0.05) is 34.1 Å². The molecule has 0 spiro atoms. The largest absolute Gasteiger partial charge is 0.350 e. The molecular weight excluding hydrogens is 394 g/mol. The summed E-state index contributed by atoms with van der Waals surface area (Å²) in [5.74, 6) is 0.0518. The van der Waals surface area contributed by atoms with Gasteiger partial charge in [-0.2, -0.15) is 0 Å².